The number of aromatic nitrogens is 4. The highest BCUT2D eigenvalue weighted by Gasteiger charge is 2.41. The minimum atomic E-state index is -5.59. The normalized spacial score (nSPS) is 26.1. The Morgan fingerprint density at radius 3 is 1.87 bits per heavy atom. The van der Waals surface area contributed by atoms with E-state index in [4.69, 9.17) is 29.3 Å². The average Bonchev–Trinajstić information content (AvgIpc) is 3.52. The second-order valence-corrected chi connectivity index (χ2v) is 14.2. The lowest BCUT2D eigenvalue weighted by Gasteiger charge is -2.19. The molecular weight excluding hydrogens is 677 g/mol. The van der Waals surface area contributed by atoms with Crippen LogP contribution in [0.4, 0.5) is 0 Å². The van der Waals surface area contributed by atoms with Gasteiger partial charge >= 0.3 is 34.8 Å². The summed E-state index contributed by atoms with van der Waals surface area (Å²) in [5.41, 5.74) is -1.65. The number of aliphatic hydroxyl groups is 2. The fourth-order valence-electron chi connectivity index (χ4n) is 4.14. The number of aliphatic hydroxyl groups excluding tert-OH is 2. The van der Waals surface area contributed by atoms with Crippen molar-refractivity contribution in [3.8, 4) is 0 Å². The number of nitrogens with zero attached hydrogens (tertiary/aromatic N) is 2. The number of H-pyrrole nitrogens is 2. The lowest BCUT2D eigenvalue weighted by atomic mass is 10.2. The monoisotopic (exact) mass is 708 g/mol. The van der Waals surface area contributed by atoms with Gasteiger partial charge in [-0.25, -0.2) is 23.3 Å². The standard InChI is InChI=1S/C10H17N2O13P3.C10H14N2O5/c1-6-4-12(10(14)11-9(6)13)8-3-2-7(23-8)5-22-27(18,19)25-28(20,21)24-26(15,16)17;1-5-3-12(10(16)11-9(5)15)8-2-6(14)7(4-13)17-8/h4,7-8H,2-3,5H2,1H3,(H,18,19)(H,20,21)(H,11,13,14)(H2,15,16,17);3,6-8,13-14H,2,4H2,1H3,(H,11,15,16)/t7-,8+;6-,7+,8+/m00/s1. The number of aryl methyl sites for hydroxylation is 2. The number of rotatable bonds is 10. The van der Waals surface area contributed by atoms with E-state index in [1.54, 1.807) is 6.92 Å². The summed E-state index contributed by atoms with van der Waals surface area (Å²) < 4.78 is 58.2. The first-order valence-corrected chi connectivity index (χ1v) is 17.2. The summed E-state index contributed by atoms with van der Waals surface area (Å²) in [6, 6.07) is 0. The van der Waals surface area contributed by atoms with Crippen molar-refractivity contribution in [1.82, 2.24) is 19.1 Å². The molecule has 45 heavy (non-hydrogen) atoms. The van der Waals surface area contributed by atoms with E-state index in [0.29, 0.717) is 5.56 Å². The second kappa shape index (κ2) is 14.6. The van der Waals surface area contributed by atoms with Crippen molar-refractivity contribution in [2.75, 3.05) is 13.2 Å². The van der Waals surface area contributed by atoms with Gasteiger partial charge in [-0.1, -0.05) is 0 Å². The molecule has 2 aliphatic rings. The summed E-state index contributed by atoms with van der Waals surface area (Å²) >= 11 is 0. The van der Waals surface area contributed by atoms with E-state index < -0.39 is 83.3 Å². The minimum absolute atomic E-state index is 0.205. The van der Waals surface area contributed by atoms with E-state index in [9.17, 15) is 42.9 Å². The van der Waals surface area contributed by atoms with E-state index in [0.717, 1.165) is 4.57 Å². The molecule has 2 fully saturated rings. The Balaban J connectivity index is 0.000000276. The summed E-state index contributed by atoms with van der Waals surface area (Å²) in [6.07, 6.45) is -0.369. The van der Waals surface area contributed by atoms with Crippen LogP contribution >= 0.6 is 23.5 Å². The number of ether oxygens (including phenoxy) is 2. The fourth-order valence-corrected chi connectivity index (χ4v) is 7.19. The highest BCUT2D eigenvalue weighted by molar-refractivity contribution is 7.66. The van der Waals surface area contributed by atoms with E-state index >= 15 is 0 Å². The van der Waals surface area contributed by atoms with Gasteiger partial charge in [0, 0.05) is 29.9 Å². The van der Waals surface area contributed by atoms with Gasteiger partial charge in [0.1, 0.15) is 18.6 Å². The molecule has 0 saturated carbocycles. The molecule has 2 aliphatic heterocycles. The Morgan fingerprint density at radius 2 is 1.38 bits per heavy atom. The molecule has 7 atom stereocenters. The van der Waals surface area contributed by atoms with Gasteiger partial charge in [0.15, 0.2) is 0 Å². The van der Waals surface area contributed by atoms with Gasteiger partial charge in [-0.15, -0.1) is 0 Å². The molecule has 4 rings (SSSR count). The van der Waals surface area contributed by atoms with Crippen molar-refractivity contribution in [2.45, 2.75) is 63.9 Å². The van der Waals surface area contributed by atoms with Crippen molar-refractivity contribution in [2.24, 2.45) is 0 Å². The molecule has 2 saturated heterocycles. The first-order chi connectivity index (χ1) is 20.7. The zero-order valence-electron chi connectivity index (χ0n) is 23.4. The quantitative estimate of drug-likeness (QED) is 0.128. The van der Waals surface area contributed by atoms with Gasteiger partial charge in [-0.05, 0) is 26.7 Å². The summed E-state index contributed by atoms with van der Waals surface area (Å²) in [5, 5.41) is 18.5. The highest BCUT2D eigenvalue weighted by atomic mass is 31.3. The van der Waals surface area contributed by atoms with Crippen LogP contribution in [0.3, 0.4) is 0 Å². The Hall–Kier alpha value is -2.39. The molecule has 2 aromatic heterocycles. The molecule has 2 unspecified atom stereocenters. The third-order valence-corrected chi connectivity index (χ3v) is 10.0. The summed E-state index contributed by atoms with van der Waals surface area (Å²) in [4.78, 5) is 85.6. The molecule has 8 N–H and O–H groups in total. The largest absolute Gasteiger partial charge is 0.490 e. The minimum Gasteiger partial charge on any atom is -0.394 e. The van der Waals surface area contributed by atoms with Crippen LogP contribution in [-0.2, 0) is 36.3 Å². The van der Waals surface area contributed by atoms with E-state index in [-0.39, 0.29) is 31.4 Å². The van der Waals surface area contributed by atoms with E-state index in [2.05, 4.69) is 23.1 Å². The van der Waals surface area contributed by atoms with Crippen molar-refractivity contribution < 1.29 is 66.1 Å². The summed E-state index contributed by atoms with van der Waals surface area (Å²) in [5.74, 6) is 0. The maximum atomic E-state index is 11.8. The average molecular weight is 708 g/mol. The van der Waals surface area contributed by atoms with E-state index in [1.165, 1.54) is 23.9 Å². The Kier molecular flexibility index (Phi) is 12.0. The Bertz CT molecular complexity index is 1750. The van der Waals surface area contributed by atoms with Crippen LogP contribution in [0.2, 0.25) is 0 Å². The van der Waals surface area contributed by atoms with Gasteiger partial charge in [0.25, 0.3) is 11.1 Å². The first kappa shape index (κ1) is 37.1. The molecule has 0 radical (unpaired) electrons. The van der Waals surface area contributed by atoms with Crippen LogP contribution < -0.4 is 22.5 Å². The zero-order chi connectivity index (χ0) is 33.9. The summed E-state index contributed by atoms with van der Waals surface area (Å²) in [7, 11) is -16.3. The SMILES string of the molecule is Cc1cn([C@H]2CC[C@@H](COP(=O)(O)OP(=O)(O)OP(=O)(O)O)O2)c(=O)[nH]c1=O.Cc1cn([C@H]2C[C@H](O)[C@@H](CO)O2)c(=O)[nH]c1=O. The molecule has 254 valence electrons. The Morgan fingerprint density at radius 1 is 0.844 bits per heavy atom. The van der Waals surface area contributed by atoms with Crippen LogP contribution in [0, 0.1) is 13.8 Å². The number of hydrogen-bond donors (Lipinski definition) is 8. The molecule has 0 aromatic carbocycles. The van der Waals surface area contributed by atoms with Crippen molar-refractivity contribution in [1.29, 1.82) is 0 Å². The van der Waals surface area contributed by atoms with Gasteiger partial charge in [0.05, 0.1) is 25.4 Å². The molecular formula is C20H31N4O18P3. The fraction of sp³-hybridized carbons (Fsp3) is 0.600. The smallest absolute Gasteiger partial charge is 0.394 e. The van der Waals surface area contributed by atoms with Crippen molar-refractivity contribution in [3.63, 3.8) is 0 Å². The first-order valence-electron chi connectivity index (χ1n) is 12.7. The number of nitrogens with one attached hydrogen (secondary N) is 2. The van der Waals surface area contributed by atoms with Crippen LogP contribution in [0.25, 0.3) is 0 Å². The lowest BCUT2D eigenvalue weighted by Crippen LogP contribution is -2.33. The van der Waals surface area contributed by atoms with Crippen LogP contribution in [-0.4, -0.2) is 80.4 Å². The maximum absolute atomic E-state index is 11.8. The second-order valence-electron chi connectivity index (χ2n) is 9.75. The van der Waals surface area contributed by atoms with Crippen LogP contribution in [0.15, 0.2) is 31.6 Å². The molecule has 25 heteroatoms. The van der Waals surface area contributed by atoms with Gasteiger partial charge in [-0.2, -0.15) is 8.62 Å². The number of aromatic amines is 2. The molecule has 0 aliphatic carbocycles. The predicted octanol–water partition coefficient (Wildman–Crippen LogP) is -1.65. The maximum Gasteiger partial charge on any atom is 0.490 e. The molecule has 2 aromatic rings. The van der Waals surface area contributed by atoms with Crippen LogP contribution in [0.5, 0.6) is 0 Å². The number of phosphoric acid groups is 3. The van der Waals surface area contributed by atoms with E-state index in [1.807, 2.05) is 0 Å². The lowest BCUT2D eigenvalue weighted by molar-refractivity contribution is -0.0459. The molecule has 0 spiro atoms. The van der Waals surface area contributed by atoms with Crippen molar-refractivity contribution >= 4 is 23.5 Å². The Labute approximate surface area is 251 Å². The predicted molar refractivity (Wildman–Crippen MR) is 147 cm³/mol. The van der Waals surface area contributed by atoms with Gasteiger partial charge in [-0.3, -0.25) is 33.2 Å². The number of phosphoric ester groups is 1. The van der Waals surface area contributed by atoms with Gasteiger partial charge < -0.3 is 39.3 Å². The van der Waals surface area contributed by atoms with Gasteiger partial charge in [0.2, 0.25) is 0 Å². The molecule has 22 nitrogen and oxygen atoms in total. The van der Waals surface area contributed by atoms with Crippen molar-refractivity contribution in [3.05, 3.63) is 65.2 Å². The highest BCUT2D eigenvalue weighted by Crippen LogP contribution is 2.66. The van der Waals surface area contributed by atoms with Crippen LogP contribution in [0.1, 0.15) is 42.8 Å². The number of hydrogen-bond acceptors (Lipinski definition) is 14. The third kappa shape index (κ3) is 10.6. The molecule has 0 amide bonds. The summed E-state index contributed by atoms with van der Waals surface area (Å²) in [6.45, 7) is 2.13. The third-order valence-electron chi connectivity index (χ3n) is 6.22. The topological polar surface area (TPSA) is 328 Å². The molecule has 0 bridgehead atoms. The molecule has 4 heterocycles. The zero-order valence-corrected chi connectivity index (χ0v) is 26.1.